The molecule has 1 saturated carbocycles. The number of rotatable bonds is 7. The van der Waals surface area contributed by atoms with E-state index in [4.69, 9.17) is 16.0 Å². The molecule has 2 fully saturated rings. The van der Waals surface area contributed by atoms with Crippen molar-refractivity contribution in [3.63, 3.8) is 0 Å². The van der Waals surface area contributed by atoms with Crippen LogP contribution in [0.15, 0.2) is 34.7 Å². The Hall–Kier alpha value is -2.80. The van der Waals surface area contributed by atoms with Gasteiger partial charge in [-0.15, -0.1) is 0 Å². The van der Waals surface area contributed by atoms with E-state index in [-0.39, 0.29) is 28.6 Å². The molecular formula is C23H26ClN3O4. The summed E-state index contributed by atoms with van der Waals surface area (Å²) < 4.78 is 5.69. The second kappa shape index (κ2) is 8.75. The third-order valence-corrected chi connectivity index (χ3v) is 6.40. The van der Waals surface area contributed by atoms with Crippen LogP contribution in [0.2, 0.25) is 5.02 Å². The fourth-order valence-corrected chi connectivity index (χ4v) is 4.43. The number of likely N-dealkylation sites (N-methyl/N-ethyl adjacent to an activating group) is 1. The highest BCUT2D eigenvalue weighted by atomic mass is 35.5. The molecule has 1 saturated heterocycles. The van der Waals surface area contributed by atoms with Crippen molar-refractivity contribution in [2.45, 2.75) is 52.0 Å². The summed E-state index contributed by atoms with van der Waals surface area (Å²) in [6.07, 6.45) is 5.08. The number of benzene rings is 1. The first-order chi connectivity index (χ1) is 14.9. The number of hydrogen-bond acceptors (Lipinski definition) is 4. The maximum Gasteiger partial charge on any atom is 0.332 e. The third-order valence-electron chi connectivity index (χ3n) is 6.09. The van der Waals surface area contributed by atoms with Crippen molar-refractivity contribution in [2.24, 2.45) is 5.92 Å². The van der Waals surface area contributed by atoms with Gasteiger partial charge >= 0.3 is 6.03 Å². The molecule has 0 spiro atoms. The molecular weight excluding hydrogens is 418 g/mol. The summed E-state index contributed by atoms with van der Waals surface area (Å²) in [5.41, 5.74) is 0.763. The quantitative estimate of drug-likeness (QED) is 0.604. The Morgan fingerprint density at radius 3 is 2.55 bits per heavy atom. The van der Waals surface area contributed by atoms with E-state index in [0.29, 0.717) is 30.3 Å². The predicted molar refractivity (Wildman–Crippen MR) is 118 cm³/mol. The van der Waals surface area contributed by atoms with Crippen LogP contribution in [0.1, 0.15) is 55.8 Å². The standard InChI is InChI=1S/C23H26ClN3O4/c1-3-18-22(29)27(23(30)26(18)4-2)19-10-8-15(13-17(19)24)25-21(28)20-11-9-16(31-20)12-14-6-5-7-14/h8-11,13-14,18H,3-7,12H2,1-2H3,(H,25,28). The third kappa shape index (κ3) is 4.06. The molecule has 164 valence electrons. The highest BCUT2D eigenvalue weighted by molar-refractivity contribution is 6.36. The number of halogens is 1. The van der Waals surface area contributed by atoms with E-state index in [1.165, 1.54) is 30.2 Å². The summed E-state index contributed by atoms with van der Waals surface area (Å²) in [6, 6.07) is 7.37. The van der Waals surface area contributed by atoms with Gasteiger partial charge in [-0.1, -0.05) is 37.8 Å². The van der Waals surface area contributed by atoms with E-state index in [2.05, 4.69) is 5.32 Å². The van der Waals surface area contributed by atoms with Gasteiger partial charge in [0.25, 0.3) is 11.8 Å². The van der Waals surface area contributed by atoms with Gasteiger partial charge in [0, 0.05) is 18.7 Å². The number of imide groups is 1. The van der Waals surface area contributed by atoms with E-state index >= 15 is 0 Å². The first kappa shape index (κ1) is 21.4. The number of furan rings is 1. The smallest absolute Gasteiger partial charge is 0.332 e. The Labute approximate surface area is 186 Å². The number of anilines is 2. The van der Waals surface area contributed by atoms with E-state index in [1.54, 1.807) is 18.2 Å². The average molecular weight is 444 g/mol. The van der Waals surface area contributed by atoms with Gasteiger partial charge < -0.3 is 14.6 Å². The van der Waals surface area contributed by atoms with Gasteiger partial charge in [0.05, 0.1) is 10.7 Å². The van der Waals surface area contributed by atoms with Gasteiger partial charge in [0.1, 0.15) is 11.8 Å². The van der Waals surface area contributed by atoms with Crippen LogP contribution in [-0.4, -0.2) is 35.3 Å². The van der Waals surface area contributed by atoms with Gasteiger partial charge in [-0.25, -0.2) is 9.69 Å². The molecule has 0 bridgehead atoms. The van der Waals surface area contributed by atoms with Gasteiger partial charge in [-0.3, -0.25) is 9.59 Å². The van der Waals surface area contributed by atoms with Gasteiger partial charge in [0.15, 0.2) is 5.76 Å². The highest BCUT2D eigenvalue weighted by Gasteiger charge is 2.44. The zero-order chi connectivity index (χ0) is 22.1. The molecule has 7 nitrogen and oxygen atoms in total. The number of urea groups is 1. The lowest BCUT2D eigenvalue weighted by molar-refractivity contribution is -0.119. The minimum Gasteiger partial charge on any atom is -0.456 e. The molecule has 1 aromatic heterocycles. The van der Waals surface area contributed by atoms with Crippen LogP contribution in [0.25, 0.3) is 0 Å². The number of hydrogen-bond donors (Lipinski definition) is 1. The lowest BCUT2D eigenvalue weighted by Gasteiger charge is -2.23. The zero-order valence-corrected chi connectivity index (χ0v) is 18.4. The van der Waals surface area contributed by atoms with Crippen LogP contribution in [-0.2, 0) is 11.2 Å². The molecule has 1 unspecified atom stereocenters. The van der Waals surface area contributed by atoms with Crippen molar-refractivity contribution in [1.29, 1.82) is 0 Å². The lowest BCUT2D eigenvalue weighted by atomic mass is 9.82. The predicted octanol–water partition coefficient (Wildman–Crippen LogP) is 5.10. The van der Waals surface area contributed by atoms with Crippen LogP contribution < -0.4 is 10.2 Å². The molecule has 2 aromatic rings. The summed E-state index contributed by atoms with van der Waals surface area (Å²) in [5, 5.41) is 2.96. The van der Waals surface area contributed by atoms with E-state index in [9.17, 15) is 14.4 Å². The number of nitrogens with zero attached hydrogens (tertiary/aromatic N) is 2. The molecule has 1 atom stereocenters. The maximum atomic E-state index is 12.7. The van der Waals surface area contributed by atoms with E-state index in [1.807, 2.05) is 19.9 Å². The van der Waals surface area contributed by atoms with Crippen molar-refractivity contribution in [3.05, 3.63) is 46.9 Å². The molecule has 1 N–H and O–H groups in total. The summed E-state index contributed by atoms with van der Waals surface area (Å²) in [6.45, 7) is 4.15. The summed E-state index contributed by atoms with van der Waals surface area (Å²) in [7, 11) is 0. The van der Waals surface area contributed by atoms with Crippen LogP contribution in [0.4, 0.5) is 16.2 Å². The summed E-state index contributed by atoms with van der Waals surface area (Å²) in [4.78, 5) is 40.6. The minimum atomic E-state index is -0.485. The van der Waals surface area contributed by atoms with Gasteiger partial charge in [-0.2, -0.15) is 0 Å². The SMILES string of the molecule is CCC1C(=O)N(c2ccc(NC(=O)c3ccc(CC4CCC4)o3)cc2Cl)C(=O)N1CC. The Morgan fingerprint density at radius 2 is 1.97 bits per heavy atom. The Bertz CT molecular complexity index is 992. The Kier molecular flexibility index (Phi) is 6.05. The zero-order valence-electron chi connectivity index (χ0n) is 17.7. The Balaban J connectivity index is 1.47. The molecule has 1 aliphatic carbocycles. The van der Waals surface area contributed by atoms with Crippen LogP contribution >= 0.6 is 11.6 Å². The molecule has 4 amide bonds. The van der Waals surface area contributed by atoms with E-state index < -0.39 is 6.04 Å². The van der Waals surface area contributed by atoms with Crippen molar-refractivity contribution < 1.29 is 18.8 Å². The number of nitrogens with one attached hydrogen (secondary N) is 1. The van der Waals surface area contributed by atoms with Crippen molar-refractivity contribution in [2.75, 3.05) is 16.8 Å². The molecule has 2 heterocycles. The van der Waals surface area contributed by atoms with Crippen LogP contribution in [0.3, 0.4) is 0 Å². The lowest BCUT2D eigenvalue weighted by Crippen LogP contribution is -2.34. The van der Waals surface area contributed by atoms with Crippen LogP contribution in [0, 0.1) is 5.92 Å². The average Bonchev–Trinajstić information content (AvgIpc) is 3.27. The largest absolute Gasteiger partial charge is 0.456 e. The van der Waals surface area contributed by atoms with Gasteiger partial charge in [-0.05, 0) is 49.6 Å². The molecule has 1 aliphatic heterocycles. The molecule has 4 rings (SSSR count). The molecule has 2 aliphatic rings. The maximum absolute atomic E-state index is 12.7. The number of carbonyl (C=O) groups is 3. The van der Waals surface area contributed by atoms with Gasteiger partial charge in [0.2, 0.25) is 0 Å². The van der Waals surface area contributed by atoms with Crippen molar-refractivity contribution in [1.82, 2.24) is 4.90 Å². The monoisotopic (exact) mass is 443 g/mol. The Morgan fingerprint density at radius 1 is 1.19 bits per heavy atom. The van der Waals surface area contributed by atoms with E-state index in [0.717, 1.165) is 17.1 Å². The highest BCUT2D eigenvalue weighted by Crippen LogP contribution is 2.34. The summed E-state index contributed by atoms with van der Waals surface area (Å²) in [5.74, 6) is 1.05. The second-order valence-electron chi connectivity index (χ2n) is 8.05. The van der Waals surface area contributed by atoms with Crippen molar-refractivity contribution >= 4 is 40.8 Å². The fourth-order valence-electron chi connectivity index (χ4n) is 4.16. The second-order valence-corrected chi connectivity index (χ2v) is 8.46. The number of carbonyl (C=O) groups excluding carboxylic acids is 3. The van der Waals surface area contributed by atoms with Crippen molar-refractivity contribution in [3.8, 4) is 0 Å². The fraction of sp³-hybridized carbons (Fsp3) is 0.435. The topological polar surface area (TPSA) is 82.9 Å². The molecule has 0 radical (unpaired) electrons. The normalized spacial score (nSPS) is 19.1. The van der Waals surface area contributed by atoms with Crippen LogP contribution in [0.5, 0.6) is 0 Å². The minimum absolute atomic E-state index is 0.206. The number of amides is 4. The molecule has 1 aromatic carbocycles. The first-order valence-corrected chi connectivity index (χ1v) is 11.1. The molecule has 8 heteroatoms. The summed E-state index contributed by atoms with van der Waals surface area (Å²) >= 11 is 6.40. The first-order valence-electron chi connectivity index (χ1n) is 10.8. The molecule has 31 heavy (non-hydrogen) atoms.